The normalized spacial score (nSPS) is 11.0. The smallest absolute Gasteiger partial charge is 0.390 e. The van der Waals surface area contributed by atoms with E-state index in [2.05, 4.69) is 15.6 Å². The molecule has 35 heavy (non-hydrogen) atoms. The fraction of sp³-hybridized carbons (Fsp3) is 0.0870. The lowest BCUT2D eigenvalue weighted by Gasteiger charge is -2.03. The molecule has 4 aromatic rings. The van der Waals surface area contributed by atoms with E-state index in [0.29, 0.717) is 34.9 Å². The number of amides is 1. The number of nitro benzene ring substituents is 1. The van der Waals surface area contributed by atoms with Crippen LogP contribution in [-0.4, -0.2) is 31.7 Å². The Kier molecular flexibility index (Phi) is 6.44. The summed E-state index contributed by atoms with van der Waals surface area (Å²) >= 11 is 0. The fourth-order valence-corrected chi connectivity index (χ4v) is 3.25. The van der Waals surface area contributed by atoms with Gasteiger partial charge in [0, 0.05) is 23.3 Å². The predicted molar refractivity (Wildman–Crippen MR) is 125 cm³/mol. The second-order valence-electron chi connectivity index (χ2n) is 7.46. The van der Waals surface area contributed by atoms with Crippen LogP contribution in [0.25, 0.3) is 11.3 Å². The Labute approximate surface area is 197 Å². The minimum absolute atomic E-state index is 0.0477. The number of carbonyl (C=O) groups is 1. The maximum atomic E-state index is 12.4. The number of non-ortho nitro benzene ring substituents is 1. The highest BCUT2D eigenvalue weighted by atomic mass is 16.6. The number of hydrazone groups is 1. The van der Waals surface area contributed by atoms with Crippen LogP contribution in [0.2, 0.25) is 0 Å². The molecule has 4 rings (SSSR count). The summed E-state index contributed by atoms with van der Waals surface area (Å²) in [6.07, 6.45) is 1.32. The third kappa shape index (κ3) is 5.45. The molecule has 0 saturated carbocycles. The van der Waals surface area contributed by atoms with Crippen LogP contribution in [-0.2, 0) is 6.54 Å². The number of nitro groups is 2. The van der Waals surface area contributed by atoms with Crippen LogP contribution < -0.4 is 5.43 Å². The molecule has 1 N–H and O–H groups in total. The van der Waals surface area contributed by atoms with Gasteiger partial charge in [-0.1, -0.05) is 24.3 Å². The van der Waals surface area contributed by atoms with Gasteiger partial charge in [-0.2, -0.15) is 9.78 Å². The third-order valence-corrected chi connectivity index (χ3v) is 5.03. The second-order valence-corrected chi connectivity index (χ2v) is 7.46. The first-order chi connectivity index (χ1) is 16.8. The van der Waals surface area contributed by atoms with Crippen molar-refractivity contribution in [2.75, 3.05) is 0 Å². The molecule has 176 valence electrons. The van der Waals surface area contributed by atoms with Gasteiger partial charge in [-0.3, -0.25) is 14.9 Å². The molecule has 0 atom stereocenters. The Bertz CT molecular complexity index is 1440. The number of hydrogen-bond acceptors (Lipinski definition) is 8. The average Bonchev–Trinajstić information content (AvgIpc) is 3.46. The van der Waals surface area contributed by atoms with Crippen LogP contribution in [0.5, 0.6) is 0 Å². The van der Waals surface area contributed by atoms with Crippen LogP contribution >= 0.6 is 0 Å². The van der Waals surface area contributed by atoms with E-state index in [1.807, 2.05) is 0 Å². The molecule has 12 nitrogen and oxygen atoms in total. The molecular formula is C23H18N6O6. The summed E-state index contributed by atoms with van der Waals surface area (Å²) in [7, 11) is 0. The van der Waals surface area contributed by atoms with Gasteiger partial charge in [0.1, 0.15) is 11.5 Å². The van der Waals surface area contributed by atoms with E-state index >= 15 is 0 Å². The molecule has 0 bridgehead atoms. The zero-order valence-corrected chi connectivity index (χ0v) is 18.3. The molecule has 0 aliphatic rings. The van der Waals surface area contributed by atoms with Crippen molar-refractivity contribution in [3.05, 3.63) is 110 Å². The lowest BCUT2D eigenvalue weighted by molar-refractivity contribution is -0.389. The van der Waals surface area contributed by atoms with Gasteiger partial charge in [0.2, 0.25) is 0 Å². The molecule has 0 saturated heterocycles. The maximum absolute atomic E-state index is 12.4. The first-order valence-corrected chi connectivity index (χ1v) is 10.3. The van der Waals surface area contributed by atoms with Crippen molar-refractivity contribution in [2.45, 2.75) is 13.5 Å². The molecule has 2 aromatic heterocycles. The van der Waals surface area contributed by atoms with Crippen molar-refractivity contribution in [3.8, 4) is 11.3 Å². The SMILES string of the molecule is Cc1cc([N+](=O)[O-])nn1Cc1ccc(C(=O)N/N=C\c2ccc(-c3cccc([N+](=O)[O-])c3)o2)cc1. The molecule has 0 unspecified atom stereocenters. The van der Waals surface area contributed by atoms with E-state index in [9.17, 15) is 25.0 Å². The number of carbonyl (C=O) groups excluding carboxylic acids is 1. The second kappa shape index (κ2) is 9.79. The quantitative estimate of drug-likeness (QED) is 0.229. The Morgan fingerprint density at radius 1 is 1.09 bits per heavy atom. The number of rotatable bonds is 8. The summed E-state index contributed by atoms with van der Waals surface area (Å²) in [4.78, 5) is 33.1. The summed E-state index contributed by atoms with van der Waals surface area (Å²) in [5.74, 6) is 0.120. The molecule has 0 aliphatic heterocycles. The molecule has 12 heteroatoms. The van der Waals surface area contributed by atoms with Gasteiger partial charge in [0.15, 0.2) is 0 Å². The van der Waals surface area contributed by atoms with E-state index in [1.165, 1.54) is 29.1 Å². The van der Waals surface area contributed by atoms with Crippen LogP contribution in [0.1, 0.15) is 27.4 Å². The first kappa shape index (κ1) is 23.0. The van der Waals surface area contributed by atoms with Crippen molar-refractivity contribution in [2.24, 2.45) is 5.10 Å². The summed E-state index contributed by atoms with van der Waals surface area (Å²) < 4.78 is 7.13. The van der Waals surface area contributed by atoms with Gasteiger partial charge in [-0.15, -0.1) is 0 Å². The van der Waals surface area contributed by atoms with Gasteiger partial charge in [-0.25, -0.2) is 5.43 Å². The standard InChI is InChI=1S/C23H18N6O6/c1-15-11-22(29(33)34)26-27(15)14-16-5-7-17(8-6-16)23(30)25-24-13-20-9-10-21(35-20)18-3-2-4-19(12-18)28(31)32/h2-13H,14H2,1H3,(H,25,30)/b24-13-. The number of aromatic nitrogens is 2. The highest BCUT2D eigenvalue weighted by Gasteiger charge is 2.15. The van der Waals surface area contributed by atoms with E-state index < -0.39 is 15.8 Å². The zero-order chi connectivity index (χ0) is 24.9. The molecule has 2 heterocycles. The van der Waals surface area contributed by atoms with E-state index in [4.69, 9.17) is 4.42 Å². The summed E-state index contributed by atoms with van der Waals surface area (Å²) in [5.41, 5.74) is 4.73. The number of nitrogens with zero attached hydrogens (tertiary/aromatic N) is 5. The van der Waals surface area contributed by atoms with Gasteiger partial charge in [-0.05, 0) is 41.7 Å². The Morgan fingerprint density at radius 2 is 1.86 bits per heavy atom. The van der Waals surface area contributed by atoms with Gasteiger partial charge in [0.05, 0.1) is 34.5 Å². The Morgan fingerprint density at radius 3 is 2.54 bits per heavy atom. The van der Waals surface area contributed by atoms with Crippen LogP contribution in [0.15, 0.2) is 76.2 Å². The lowest BCUT2D eigenvalue weighted by atomic mass is 10.1. The van der Waals surface area contributed by atoms with Crippen LogP contribution in [0.4, 0.5) is 11.5 Å². The summed E-state index contributed by atoms with van der Waals surface area (Å²) in [5, 5.41) is 29.6. The number of nitrogens with one attached hydrogen (secondary N) is 1. The minimum Gasteiger partial charge on any atom is -0.455 e. The average molecular weight is 474 g/mol. The summed E-state index contributed by atoms with van der Waals surface area (Å²) in [6.45, 7) is 2.05. The van der Waals surface area contributed by atoms with Crippen molar-refractivity contribution in [1.29, 1.82) is 0 Å². The zero-order valence-electron chi connectivity index (χ0n) is 18.3. The maximum Gasteiger partial charge on any atom is 0.390 e. The molecule has 1 amide bonds. The first-order valence-electron chi connectivity index (χ1n) is 10.3. The molecule has 0 aliphatic carbocycles. The number of hydrogen-bond donors (Lipinski definition) is 1. The Hall–Kier alpha value is -5.13. The fourth-order valence-electron chi connectivity index (χ4n) is 3.25. The molecule has 0 radical (unpaired) electrons. The summed E-state index contributed by atoms with van der Waals surface area (Å²) in [6, 6.07) is 17.4. The van der Waals surface area contributed by atoms with Crippen molar-refractivity contribution >= 4 is 23.6 Å². The van der Waals surface area contributed by atoms with Gasteiger partial charge >= 0.3 is 5.82 Å². The minimum atomic E-state index is -0.547. The predicted octanol–water partition coefficient (Wildman–Crippen LogP) is 4.08. The van der Waals surface area contributed by atoms with E-state index in [0.717, 1.165) is 5.56 Å². The van der Waals surface area contributed by atoms with Crippen LogP contribution in [0.3, 0.4) is 0 Å². The van der Waals surface area contributed by atoms with Crippen molar-refractivity contribution in [3.63, 3.8) is 0 Å². The number of benzene rings is 2. The van der Waals surface area contributed by atoms with E-state index in [1.54, 1.807) is 55.5 Å². The largest absolute Gasteiger partial charge is 0.455 e. The number of aryl methyl sites for hydroxylation is 1. The molecular weight excluding hydrogens is 456 g/mol. The highest BCUT2D eigenvalue weighted by Crippen LogP contribution is 2.25. The highest BCUT2D eigenvalue weighted by molar-refractivity contribution is 5.94. The molecule has 2 aromatic carbocycles. The Balaban J connectivity index is 1.36. The topological polar surface area (TPSA) is 159 Å². The third-order valence-electron chi connectivity index (χ3n) is 5.03. The van der Waals surface area contributed by atoms with Gasteiger partial charge < -0.3 is 14.5 Å². The van der Waals surface area contributed by atoms with Crippen molar-refractivity contribution < 1.29 is 19.1 Å². The van der Waals surface area contributed by atoms with E-state index in [-0.39, 0.29) is 11.5 Å². The molecule has 0 fully saturated rings. The number of furan rings is 1. The lowest BCUT2D eigenvalue weighted by Crippen LogP contribution is -2.17. The van der Waals surface area contributed by atoms with Crippen LogP contribution in [0, 0.1) is 27.2 Å². The van der Waals surface area contributed by atoms with Gasteiger partial charge in [0.25, 0.3) is 11.6 Å². The van der Waals surface area contributed by atoms with Crippen molar-refractivity contribution in [1.82, 2.24) is 15.2 Å². The monoisotopic (exact) mass is 474 g/mol. The molecule has 0 spiro atoms.